The molecule has 0 aromatic carbocycles. The lowest BCUT2D eigenvalue weighted by atomic mass is 9.85. The number of nitrogens with two attached hydrogens (primary N) is 1. The molecule has 0 radical (unpaired) electrons. The monoisotopic (exact) mass is 237 g/mol. The first-order valence-electron chi connectivity index (χ1n) is 6.48. The van der Waals surface area contributed by atoms with Crippen LogP contribution >= 0.6 is 0 Å². The predicted molar refractivity (Wildman–Crippen MR) is 67.6 cm³/mol. The summed E-state index contributed by atoms with van der Waals surface area (Å²) in [7, 11) is 3.71. The second kappa shape index (κ2) is 5.19. The van der Waals surface area contributed by atoms with Crippen molar-refractivity contribution < 1.29 is 4.74 Å². The van der Waals surface area contributed by atoms with Crippen LogP contribution in [0.5, 0.6) is 0 Å². The van der Waals surface area contributed by atoms with Gasteiger partial charge in [0.05, 0.1) is 17.3 Å². The van der Waals surface area contributed by atoms with Gasteiger partial charge in [0, 0.05) is 20.4 Å². The van der Waals surface area contributed by atoms with Crippen LogP contribution in [-0.2, 0) is 11.8 Å². The Morgan fingerprint density at radius 2 is 2.00 bits per heavy atom. The van der Waals surface area contributed by atoms with Crippen LogP contribution in [0.25, 0.3) is 0 Å². The molecule has 4 heteroatoms. The van der Waals surface area contributed by atoms with Crippen LogP contribution in [-0.4, -0.2) is 22.5 Å². The van der Waals surface area contributed by atoms with E-state index in [0.717, 1.165) is 18.5 Å². The summed E-state index contributed by atoms with van der Waals surface area (Å²) in [5, 5.41) is 4.42. The third kappa shape index (κ3) is 2.53. The second-order valence-corrected chi connectivity index (χ2v) is 5.08. The van der Waals surface area contributed by atoms with Gasteiger partial charge in [-0.05, 0) is 18.9 Å². The molecule has 1 unspecified atom stereocenters. The van der Waals surface area contributed by atoms with Gasteiger partial charge < -0.3 is 10.5 Å². The van der Waals surface area contributed by atoms with Crippen LogP contribution < -0.4 is 5.73 Å². The van der Waals surface area contributed by atoms with E-state index in [4.69, 9.17) is 10.5 Å². The minimum Gasteiger partial charge on any atom is -0.376 e. The number of ether oxygens (including phenoxy) is 1. The van der Waals surface area contributed by atoms with Crippen molar-refractivity contribution in [1.82, 2.24) is 9.78 Å². The third-order valence-corrected chi connectivity index (χ3v) is 3.98. The zero-order chi connectivity index (χ0) is 12.3. The van der Waals surface area contributed by atoms with E-state index in [-0.39, 0.29) is 11.6 Å². The topological polar surface area (TPSA) is 53.1 Å². The first kappa shape index (κ1) is 12.6. The molecule has 2 N–H and O–H groups in total. The first-order chi connectivity index (χ1) is 8.18. The van der Waals surface area contributed by atoms with Gasteiger partial charge in [-0.25, -0.2) is 0 Å². The summed E-state index contributed by atoms with van der Waals surface area (Å²) in [5.41, 5.74) is 7.12. The fraction of sp³-hybridized carbons (Fsp3) is 0.769. The average Bonchev–Trinajstić information content (AvgIpc) is 2.64. The highest BCUT2D eigenvalue weighted by Crippen LogP contribution is 2.38. The number of nitrogens with zero attached hydrogens (tertiary/aromatic N) is 2. The van der Waals surface area contributed by atoms with Crippen molar-refractivity contribution in [3.05, 3.63) is 18.0 Å². The van der Waals surface area contributed by atoms with Crippen molar-refractivity contribution in [1.29, 1.82) is 0 Å². The maximum Gasteiger partial charge on any atom is 0.0886 e. The van der Waals surface area contributed by atoms with Crippen molar-refractivity contribution >= 4 is 0 Å². The molecule has 0 aliphatic heterocycles. The lowest BCUT2D eigenvalue weighted by molar-refractivity contribution is -0.0452. The Morgan fingerprint density at radius 3 is 2.47 bits per heavy atom. The van der Waals surface area contributed by atoms with Gasteiger partial charge in [0.15, 0.2) is 0 Å². The van der Waals surface area contributed by atoms with Crippen molar-refractivity contribution in [2.75, 3.05) is 7.11 Å². The molecule has 1 fully saturated rings. The molecule has 0 spiro atoms. The summed E-state index contributed by atoms with van der Waals surface area (Å²) in [5.74, 6) is 0. The smallest absolute Gasteiger partial charge is 0.0886 e. The molecule has 0 saturated heterocycles. The maximum absolute atomic E-state index is 6.40. The van der Waals surface area contributed by atoms with Crippen LogP contribution in [0, 0.1) is 0 Å². The number of aromatic nitrogens is 2. The summed E-state index contributed by atoms with van der Waals surface area (Å²) in [6.45, 7) is 0. The second-order valence-electron chi connectivity index (χ2n) is 5.08. The molecule has 1 atom stereocenters. The lowest BCUT2D eigenvalue weighted by Gasteiger charge is -2.36. The lowest BCUT2D eigenvalue weighted by Crippen LogP contribution is -2.43. The summed E-state index contributed by atoms with van der Waals surface area (Å²) >= 11 is 0. The van der Waals surface area contributed by atoms with Crippen LogP contribution in [0.1, 0.15) is 50.3 Å². The number of hydrogen-bond donors (Lipinski definition) is 1. The van der Waals surface area contributed by atoms with Crippen molar-refractivity contribution in [2.24, 2.45) is 12.8 Å². The molecule has 1 aromatic rings. The van der Waals surface area contributed by atoms with Crippen LogP contribution in [0.4, 0.5) is 0 Å². The van der Waals surface area contributed by atoms with Gasteiger partial charge in [0.25, 0.3) is 0 Å². The standard InChI is InChI=1S/C13H23N3O/c1-16-10-7-11(15-16)12(14)13(17-2)8-5-3-4-6-9-13/h7,10,12H,3-6,8-9,14H2,1-2H3. The molecule has 1 saturated carbocycles. The third-order valence-electron chi connectivity index (χ3n) is 3.98. The normalized spacial score (nSPS) is 22.1. The summed E-state index contributed by atoms with van der Waals surface area (Å²) in [6.07, 6.45) is 9.01. The zero-order valence-corrected chi connectivity index (χ0v) is 10.9. The van der Waals surface area contributed by atoms with E-state index >= 15 is 0 Å². The number of methoxy groups -OCH3 is 1. The van der Waals surface area contributed by atoms with Gasteiger partial charge in [-0.3, -0.25) is 4.68 Å². The molecule has 1 aliphatic carbocycles. The van der Waals surface area contributed by atoms with Gasteiger partial charge in [-0.1, -0.05) is 25.7 Å². The largest absolute Gasteiger partial charge is 0.376 e. The SMILES string of the molecule is COC1(C(N)c2ccn(C)n2)CCCCCC1. The Labute approximate surface area is 103 Å². The average molecular weight is 237 g/mol. The van der Waals surface area contributed by atoms with E-state index in [1.54, 1.807) is 11.8 Å². The Bertz CT molecular complexity index is 353. The molecule has 0 bridgehead atoms. The van der Waals surface area contributed by atoms with Crippen LogP contribution in [0.15, 0.2) is 12.3 Å². The highest BCUT2D eigenvalue weighted by atomic mass is 16.5. The maximum atomic E-state index is 6.40. The molecule has 17 heavy (non-hydrogen) atoms. The molecule has 96 valence electrons. The fourth-order valence-corrected chi connectivity index (χ4v) is 2.84. The van der Waals surface area contributed by atoms with E-state index in [0.29, 0.717) is 0 Å². The van der Waals surface area contributed by atoms with Gasteiger partial charge in [0.2, 0.25) is 0 Å². The van der Waals surface area contributed by atoms with Crippen molar-refractivity contribution in [3.8, 4) is 0 Å². The van der Waals surface area contributed by atoms with E-state index in [1.807, 2.05) is 19.3 Å². The molecule has 4 nitrogen and oxygen atoms in total. The molecule has 1 aliphatic rings. The quantitative estimate of drug-likeness (QED) is 0.820. The number of rotatable bonds is 3. The molecular formula is C13H23N3O. The fourth-order valence-electron chi connectivity index (χ4n) is 2.84. The highest BCUT2D eigenvalue weighted by Gasteiger charge is 2.39. The Balaban J connectivity index is 2.21. The number of aryl methyl sites for hydroxylation is 1. The summed E-state index contributed by atoms with van der Waals surface area (Å²) in [6, 6.07) is 1.88. The van der Waals surface area contributed by atoms with Gasteiger partial charge >= 0.3 is 0 Å². The molecule has 1 heterocycles. The first-order valence-corrected chi connectivity index (χ1v) is 6.48. The predicted octanol–water partition coefficient (Wildman–Crippen LogP) is 2.16. The summed E-state index contributed by atoms with van der Waals surface area (Å²) < 4.78 is 7.61. The van der Waals surface area contributed by atoms with E-state index in [1.165, 1.54) is 25.7 Å². The van der Waals surface area contributed by atoms with Gasteiger partial charge in [-0.2, -0.15) is 5.10 Å². The van der Waals surface area contributed by atoms with E-state index < -0.39 is 0 Å². The van der Waals surface area contributed by atoms with Gasteiger partial charge in [-0.15, -0.1) is 0 Å². The van der Waals surface area contributed by atoms with Crippen molar-refractivity contribution in [2.45, 2.75) is 50.2 Å². The summed E-state index contributed by atoms with van der Waals surface area (Å²) in [4.78, 5) is 0. The minimum atomic E-state index is -0.217. The van der Waals surface area contributed by atoms with Crippen molar-refractivity contribution in [3.63, 3.8) is 0 Å². The number of hydrogen-bond acceptors (Lipinski definition) is 3. The van der Waals surface area contributed by atoms with E-state index in [9.17, 15) is 0 Å². The zero-order valence-electron chi connectivity index (χ0n) is 10.9. The van der Waals surface area contributed by atoms with Gasteiger partial charge in [0.1, 0.15) is 0 Å². The molecule has 1 aromatic heterocycles. The van der Waals surface area contributed by atoms with Crippen LogP contribution in [0.2, 0.25) is 0 Å². The highest BCUT2D eigenvalue weighted by molar-refractivity contribution is 5.11. The Kier molecular flexibility index (Phi) is 3.84. The Morgan fingerprint density at radius 1 is 1.35 bits per heavy atom. The minimum absolute atomic E-state index is 0.119. The van der Waals surface area contributed by atoms with Crippen LogP contribution in [0.3, 0.4) is 0 Å². The molecule has 0 amide bonds. The molecular weight excluding hydrogens is 214 g/mol. The molecule has 2 rings (SSSR count). The Hall–Kier alpha value is -0.870. The van der Waals surface area contributed by atoms with E-state index in [2.05, 4.69) is 5.10 Å².